The van der Waals surface area contributed by atoms with Gasteiger partial charge in [0.2, 0.25) is 10.0 Å². The zero-order valence-electron chi connectivity index (χ0n) is 15.3. The van der Waals surface area contributed by atoms with E-state index in [9.17, 15) is 17.6 Å². The highest BCUT2D eigenvalue weighted by atomic mass is 32.2. The molecule has 2 atom stereocenters. The Morgan fingerprint density at radius 1 is 1.33 bits per heavy atom. The van der Waals surface area contributed by atoms with Crippen LogP contribution in [0.1, 0.15) is 40.9 Å². The molecular formula is C19H24FN3O3S. The summed E-state index contributed by atoms with van der Waals surface area (Å²) in [6, 6.07) is 5.09. The van der Waals surface area contributed by atoms with Crippen molar-refractivity contribution in [3.05, 3.63) is 35.0 Å². The van der Waals surface area contributed by atoms with Crippen LogP contribution in [-0.4, -0.2) is 55.8 Å². The van der Waals surface area contributed by atoms with Gasteiger partial charge in [0.15, 0.2) is 0 Å². The van der Waals surface area contributed by atoms with Gasteiger partial charge < -0.3 is 9.88 Å². The van der Waals surface area contributed by atoms with Gasteiger partial charge in [-0.3, -0.25) is 4.79 Å². The van der Waals surface area contributed by atoms with E-state index in [0.29, 0.717) is 5.56 Å². The van der Waals surface area contributed by atoms with Gasteiger partial charge in [0, 0.05) is 41.2 Å². The van der Waals surface area contributed by atoms with Crippen molar-refractivity contribution in [1.29, 1.82) is 0 Å². The molecule has 1 amide bonds. The van der Waals surface area contributed by atoms with E-state index in [4.69, 9.17) is 0 Å². The number of hydrogen-bond donors (Lipinski definition) is 2. The molecule has 0 unspecified atom stereocenters. The quantitative estimate of drug-likeness (QED) is 0.835. The van der Waals surface area contributed by atoms with E-state index in [2.05, 4.69) is 9.71 Å². The van der Waals surface area contributed by atoms with Crippen molar-refractivity contribution in [2.45, 2.75) is 44.3 Å². The van der Waals surface area contributed by atoms with E-state index in [-0.39, 0.29) is 25.4 Å². The van der Waals surface area contributed by atoms with Gasteiger partial charge in [-0.15, -0.1) is 0 Å². The van der Waals surface area contributed by atoms with E-state index in [1.165, 1.54) is 22.6 Å². The Bertz CT molecular complexity index is 985. The van der Waals surface area contributed by atoms with E-state index >= 15 is 0 Å². The highest BCUT2D eigenvalue weighted by molar-refractivity contribution is 7.88. The highest BCUT2D eigenvalue weighted by Gasteiger charge is 2.36. The largest absolute Gasteiger partial charge is 0.358 e. The number of benzene rings is 1. The zero-order chi connectivity index (χ0) is 19.2. The number of aryl methyl sites for hydroxylation is 2. The van der Waals surface area contributed by atoms with Crippen molar-refractivity contribution in [3.8, 4) is 0 Å². The molecular weight excluding hydrogens is 369 g/mol. The van der Waals surface area contributed by atoms with Crippen LogP contribution in [0.3, 0.4) is 0 Å². The molecule has 1 aromatic heterocycles. The number of aromatic amines is 1. The molecule has 0 bridgehead atoms. The summed E-state index contributed by atoms with van der Waals surface area (Å²) < 4.78 is 39.1. The average molecular weight is 393 g/mol. The number of likely N-dealkylation sites (tertiary alicyclic amines) is 1. The Morgan fingerprint density at radius 3 is 2.89 bits per heavy atom. The van der Waals surface area contributed by atoms with Gasteiger partial charge in [0.25, 0.3) is 5.91 Å². The summed E-state index contributed by atoms with van der Waals surface area (Å²) in [5.74, 6) is -0.247. The maximum Gasteiger partial charge on any atom is 0.254 e. The third kappa shape index (κ3) is 3.73. The van der Waals surface area contributed by atoms with Crippen molar-refractivity contribution >= 4 is 26.8 Å². The van der Waals surface area contributed by atoms with Gasteiger partial charge in [-0.05, 0) is 49.4 Å². The Kier molecular flexibility index (Phi) is 4.71. The number of carbonyl (C=O) groups is 1. The van der Waals surface area contributed by atoms with Crippen LogP contribution in [-0.2, 0) is 22.9 Å². The smallest absolute Gasteiger partial charge is 0.254 e. The molecule has 27 heavy (non-hydrogen) atoms. The minimum Gasteiger partial charge on any atom is -0.358 e. The van der Waals surface area contributed by atoms with Crippen LogP contribution in [0.25, 0.3) is 10.9 Å². The third-order valence-electron chi connectivity index (χ3n) is 5.55. The summed E-state index contributed by atoms with van der Waals surface area (Å²) in [7, 11) is -3.39. The summed E-state index contributed by atoms with van der Waals surface area (Å²) in [5.41, 5.74) is 4.08. The Balaban J connectivity index is 1.61. The maximum absolute atomic E-state index is 14.0. The van der Waals surface area contributed by atoms with Crippen LogP contribution in [0.4, 0.5) is 4.39 Å². The molecule has 1 saturated heterocycles. The summed E-state index contributed by atoms with van der Waals surface area (Å²) >= 11 is 0. The van der Waals surface area contributed by atoms with Crippen LogP contribution >= 0.6 is 0 Å². The van der Waals surface area contributed by atoms with Gasteiger partial charge in [-0.1, -0.05) is 0 Å². The number of aromatic nitrogens is 1. The maximum atomic E-state index is 14.0. The standard InChI is InChI=1S/C19H24FN3O3S/c1-27(25,26)21-10-14-9-13(20)11-23(14)19(24)12-6-7-18-16(8-12)15-4-2-3-5-17(15)22-18/h6-8,13-14,21-22H,2-5,9-11H2,1H3/t13-,14-/m0/s1. The molecule has 8 heteroatoms. The molecule has 0 saturated carbocycles. The summed E-state index contributed by atoms with van der Waals surface area (Å²) in [5, 5.41) is 1.07. The summed E-state index contributed by atoms with van der Waals surface area (Å²) in [4.78, 5) is 17.9. The fraction of sp³-hybridized carbons (Fsp3) is 0.526. The number of nitrogens with one attached hydrogen (secondary N) is 2. The first-order valence-electron chi connectivity index (χ1n) is 9.35. The fourth-order valence-electron chi connectivity index (χ4n) is 4.25. The molecule has 0 radical (unpaired) electrons. The van der Waals surface area contributed by atoms with E-state index in [1.807, 2.05) is 12.1 Å². The van der Waals surface area contributed by atoms with Crippen molar-refractivity contribution < 1.29 is 17.6 Å². The zero-order valence-corrected chi connectivity index (χ0v) is 16.1. The summed E-state index contributed by atoms with van der Waals surface area (Å²) in [6.45, 7) is 0.0328. The van der Waals surface area contributed by atoms with Crippen molar-refractivity contribution in [1.82, 2.24) is 14.6 Å². The lowest BCUT2D eigenvalue weighted by Gasteiger charge is -2.24. The Morgan fingerprint density at radius 2 is 2.11 bits per heavy atom. The van der Waals surface area contributed by atoms with Crippen LogP contribution in [0.5, 0.6) is 0 Å². The highest BCUT2D eigenvalue weighted by Crippen LogP contribution is 2.31. The van der Waals surface area contributed by atoms with Crippen molar-refractivity contribution in [2.75, 3.05) is 19.3 Å². The number of sulfonamides is 1. The lowest BCUT2D eigenvalue weighted by Crippen LogP contribution is -2.43. The fourth-order valence-corrected chi connectivity index (χ4v) is 4.75. The number of nitrogens with zero attached hydrogens (tertiary/aromatic N) is 1. The van der Waals surface area contributed by atoms with Gasteiger partial charge in [-0.25, -0.2) is 17.5 Å². The molecule has 2 N–H and O–H groups in total. The molecule has 1 fully saturated rings. The number of rotatable bonds is 4. The summed E-state index contributed by atoms with van der Waals surface area (Å²) in [6.07, 6.45) is 4.43. The molecule has 1 aliphatic carbocycles. The first-order valence-corrected chi connectivity index (χ1v) is 11.2. The molecule has 2 aromatic rings. The van der Waals surface area contributed by atoms with Crippen LogP contribution in [0, 0.1) is 0 Å². The SMILES string of the molecule is CS(=O)(=O)NC[C@@H]1C[C@H](F)CN1C(=O)c1ccc2[nH]c3c(c2c1)CCCC3. The minimum atomic E-state index is -3.39. The molecule has 146 valence electrons. The second-order valence-electron chi connectivity index (χ2n) is 7.61. The number of hydrogen-bond acceptors (Lipinski definition) is 3. The number of amides is 1. The van der Waals surface area contributed by atoms with Crippen molar-refractivity contribution in [3.63, 3.8) is 0 Å². The first-order chi connectivity index (χ1) is 12.8. The van der Waals surface area contributed by atoms with Gasteiger partial charge in [0.1, 0.15) is 6.17 Å². The Labute approximate surface area is 158 Å². The number of carbonyl (C=O) groups excluding carboxylic acids is 1. The number of H-pyrrole nitrogens is 1. The molecule has 2 heterocycles. The molecule has 0 spiro atoms. The monoisotopic (exact) mass is 393 g/mol. The van der Waals surface area contributed by atoms with Crippen LogP contribution in [0.2, 0.25) is 0 Å². The van der Waals surface area contributed by atoms with E-state index in [1.54, 1.807) is 6.07 Å². The lowest BCUT2D eigenvalue weighted by molar-refractivity contribution is 0.0731. The predicted octanol–water partition coefficient (Wildman–Crippen LogP) is 2.15. The lowest BCUT2D eigenvalue weighted by atomic mass is 9.95. The molecule has 6 nitrogen and oxygen atoms in total. The van der Waals surface area contributed by atoms with E-state index < -0.39 is 22.2 Å². The molecule has 4 rings (SSSR count). The van der Waals surface area contributed by atoms with Crippen LogP contribution in [0.15, 0.2) is 18.2 Å². The number of fused-ring (bicyclic) bond motifs is 3. The Hall–Kier alpha value is -1.93. The number of halogens is 1. The third-order valence-corrected chi connectivity index (χ3v) is 6.24. The number of alkyl halides is 1. The normalized spacial score (nSPS) is 23.0. The average Bonchev–Trinajstić information content (AvgIpc) is 3.18. The second-order valence-corrected chi connectivity index (χ2v) is 9.45. The van der Waals surface area contributed by atoms with Gasteiger partial charge in [0.05, 0.1) is 12.8 Å². The second kappa shape index (κ2) is 6.91. The van der Waals surface area contributed by atoms with Gasteiger partial charge >= 0.3 is 0 Å². The van der Waals surface area contributed by atoms with Gasteiger partial charge in [-0.2, -0.15) is 0 Å². The minimum absolute atomic E-state index is 0.00176. The molecule has 1 aliphatic heterocycles. The van der Waals surface area contributed by atoms with Crippen LogP contribution < -0.4 is 4.72 Å². The molecule has 1 aromatic carbocycles. The topological polar surface area (TPSA) is 82.3 Å². The molecule has 2 aliphatic rings. The van der Waals surface area contributed by atoms with Crippen molar-refractivity contribution in [2.24, 2.45) is 0 Å². The van der Waals surface area contributed by atoms with E-state index in [0.717, 1.165) is 36.4 Å². The first kappa shape index (κ1) is 18.4. The predicted molar refractivity (Wildman–Crippen MR) is 102 cm³/mol.